The van der Waals surface area contributed by atoms with Crippen LogP contribution in [0.1, 0.15) is 15.3 Å². The summed E-state index contributed by atoms with van der Waals surface area (Å²) in [7, 11) is 1.62. The Kier molecular flexibility index (Phi) is 3.90. The van der Waals surface area contributed by atoms with Crippen molar-refractivity contribution in [3.63, 3.8) is 0 Å². The van der Waals surface area contributed by atoms with Gasteiger partial charge in [0.1, 0.15) is 5.75 Å². The predicted molar refractivity (Wildman–Crippen MR) is 73.1 cm³/mol. The molecule has 0 fully saturated rings. The lowest BCUT2D eigenvalue weighted by molar-refractivity contribution is 0.415. The largest absolute Gasteiger partial charge is 0.495 e. The lowest BCUT2D eigenvalue weighted by Crippen LogP contribution is -1.91. The Morgan fingerprint density at radius 1 is 1.38 bits per heavy atom. The van der Waals surface area contributed by atoms with Crippen LogP contribution in [0.2, 0.25) is 5.02 Å². The Hall–Kier alpha value is -0.510. The van der Waals surface area contributed by atoms with Crippen LogP contribution in [0.5, 0.6) is 5.75 Å². The van der Waals surface area contributed by atoms with Gasteiger partial charge in [-0.05, 0) is 29.1 Å². The molecule has 0 radical (unpaired) electrons. The first-order chi connectivity index (χ1) is 7.72. The molecule has 1 unspecified atom stereocenters. The minimum absolute atomic E-state index is 0.191. The summed E-state index contributed by atoms with van der Waals surface area (Å²) >= 11 is 11.5. The maximum atomic E-state index is 6.09. The third-order valence-electron chi connectivity index (χ3n) is 2.26. The second kappa shape index (κ2) is 5.21. The van der Waals surface area contributed by atoms with E-state index in [2.05, 4.69) is 27.4 Å². The molecule has 1 atom stereocenters. The number of hydrogen-bond acceptors (Lipinski definition) is 2. The molecule has 0 amide bonds. The molecule has 84 valence electrons. The van der Waals surface area contributed by atoms with Crippen LogP contribution in [0, 0.1) is 0 Å². The van der Waals surface area contributed by atoms with E-state index in [1.165, 1.54) is 4.88 Å². The molecule has 0 aliphatic rings. The van der Waals surface area contributed by atoms with Crippen LogP contribution < -0.4 is 4.74 Å². The first-order valence-corrected chi connectivity index (χ1v) is 6.90. The second-order valence-electron chi connectivity index (χ2n) is 3.27. The van der Waals surface area contributed by atoms with Crippen LogP contribution >= 0.6 is 38.9 Å². The van der Waals surface area contributed by atoms with Gasteiger partial charge in [-0.15, -0.1) is 11.3 Å². The molecule has 4 heteroatoms. The molecular weight excluding hydrogens is 308 g/mol. The lowest BCUT2D eigenvalue weighted by atomic mass is 10.1. The molecule has 0 saturated heterocycles. The fourth-order valence-electron chi connectivity index (χ4n) is 1.44. The van der Waals surface area contributed by atoms with Gasteiger partial charge in [0, 0.05) is 4.88 Å². The van der Waals surface area contributed by atoms with E-state index >= 15 is 0 Å². The minimum atomic E-state index is 0.191. The van der Waals surface area contributed by atoms with Crippen molar-refractivity contribution >= 4 is 38.9 Å². The molecule has 0 bridgehead atoms. The first-order valence-electron chi connectivity index (χ1n) is 4.73. The number of halogens is 2. The topological polar surface area (TPSA) is 9.23 Å². The Morgan fingerprint density at radius 3 is 2.75 bits per heavy atom. The summed E-state index contributed by atoms with van der Waals surface area (Å²) < 4.78 is 5.13. The number of rotatable bonds is 3. The highest BCUT2D eigenvalue weighted by Crippen LogP contribution is 2.36. The van der Waals surface area contributed by atoms with Gasteiger partial charge in [0.25, 0.3) is 0 Å². The quantitative estimate of drug-likeness (QED) is 0.732. The summed E-state index contributed by atoms with van der Waals surface area (Å²) in [6.45, 7) is 0. The van der Waals surface area contributed by atoms with Crippen molar-refractivity contribution in [2.24, 2.45) is 0 Å². The zero-order valence-electron chi connectivity index (χ0n) is 8.61. The van der Waals surface area contributed by atoms with Gasteiger partial charge in [-0.2, -0.15) is 0 Å². The average molecular weight is 318 g/mol. The molecule has 2 aromatic rings. The Morgan fingerprint density at radius 2 is 2.19 bits per heavy atom. The highest BCUT2D eigenvalue weighted by Gasteiger charge is 2.12. The molecule has 1 heterocycles. The zero-order chi connectivity index (χ0) is 11.5. The van der Waals surface area contributed by atoms with Crippen molar-refractivity contribution in [3.05, 3.63) is 51.2 Å². The molecular formula is C12H10BrClOS. The molecule has 1 nitrogen and oxygen atoms in total. The number of methoxy groups -OCH3 is 1. The van der Waals surface area contributed by atoms with E-state index < -0.39 is 0 Å². The smallest absolute Gasteiger partial charge is 0.137 e. The minimum Gasteiger partial charge on any atom is -0.495 e. The average Bonchev–Trinajstić information content (AvgIpc) is 2.81. The summed E-state index contributed by atoms with van der Waals surface area (Å²) in [6.07, 6.45) is 0. The van der Waals surface area contributed by atoms with Gasteiger partial charge < -0.3 is 4.74 Å². The molecule has 0 spiro atoms. The number of benzene rings is 1. The maximum absolute atomic E-state index is 6.09. The molecule has 1 aromatic carbocycles. The molecule has 0 aliphatic carbocycles. The van der Waals surface area contributed by atoms with Gasteiger partial charge in [-0.25, -0.2) is 0 Å². The highest BCUT2D eigenvalue weighted by molar-refractivity contribution is 9.09. The summed E-state index contributed by atoms with van der Waals surface area (Å²) in [5.74, 6) is 0.705. The van der Waals surface area contributed by atoms with Crippen LogP contribution in [0.4, 0.5) is 0 Å². The van der Waals surface area contributed by atoms with E-state index in [4.69, 9.17) is 16.3 Å². The van der Waals surface area contributed by atoms with Crippen LogP contribution in [-0.4, -0.2) is 7.11 Å². The highest BCUT2D eigenvalue weighted by atomic mass is 79.9. The van der Waals surface area contributed by atoms with Crippen molar-refractivity contribution in [2.75, 3.05) is 7.11 Å². The van der Waals surface area contributed by atoms with Crippen molar-refractivity contribution in [3.8, 4) is 5.75 Å². The third-order valence-corrected chi connectivity index (χ3v) is 4.82. The van der Waals surface area contributed by atoms with Gasteiger partial charge in [0.2, 0.25) is 0 Å². The third kappa shape index (κ3) is 2.42. The van der Waals surface area contributed by atoms with E-state index in [1.54, 1.807) is 18.4 Å². The Balaban J connectivity index is 2.31. The lowest BCUT2D eigenvalue weighted by Gasteiger charge is -2.10. The van der Waals surface area contributed by atoms with Crippen molar-refractivity contribution in [2.45, 2.75) is 4.83 Å². The normalized spacial score (nSPS) is 12.4. The Labute approximate surface area is 112 Å². The number of ether oxygens (including phenoxy) is 1. The van der Waals surface area contributed by atoms with Gasteiger partial charge in [-0.3, -0.25) is 0 Å². The van der Waals surface area contributed by atoms with E-state index in [-0.39, 0.29) is 4.83 Å². The molecule has 1 aromatic heterocycles. The molecule has 0 saturated carbocycles. The summed E-state index contributed by atoms with van der Waals surface area (Å²) in [4.78, 5) is 1.46. The van der Waals surface area contributed by atoms with E-state index in [0.717, 1.165) is 5.56 Å². The first kappa shape index (κ1) is 12.0. The van der Waals surface area contributed by atoms with Crippen LogP contribution in [0.15, 0.2) is 35.7 Å². The van der Waals surface area contributed by atoms with E-state index in [0.29, 0.717) is 10.8 Å². The SMILES string of the molecule is COc1ccc(C(Br)c2cccs2)cc1Cl. The summed E-state index contributed by atoms with van der Waals surface area (Å²) in [5.41, 5.74) is 1.13. The molecule has 0 aliphatic heterocycles. The van der Waals surface area contributed by atoms with Crippen LogP contribution in [0.25, 0.3) is 0 Å². The zero-order valence-corrected chi connectivity index (χ0v) is 11.8. The maximum Gasteiger partial charge on any atom is 0.137 e. The molecule has 2 rings (SSSR count). The number of thiophene rings is 1. The van der Waals surface area contributed by atoms with Crippen molar-refractivity contribution < 1.29 is 4.74 Å². The van der Waals surface area contributed by atoms with Crippen LogP contribution in [-0.2, 0) is 0 Å². The molecule has 16 heavy (non-hydrogen) atoms. The number of alkyl halides is 1. The van der Waals surface area contributed by atoms with Gasteiger partial charge in [0.15, 0.2) is 0 Å². The van der Waals surface area contributed by atoms with Crippen molar-refractivity contribution in [1.82, 2.24) is 0 Å². The molecule has 0 N–H and O–H groups in total. The van der Waals surface area contributed by atoms with E-state index in [1.807, 2.05) is 24.3 Å². The van der Waals surface area contributed by atoms with Crippen molar-refractivity contribution in [1.29, 1.82) is 0 Å². The van der Waals surface area contributed by atoms with Gasteiger partial charge in [0.05, 0.1) is 17.0 Å². The predicted octanol–water partition coefficient (Wildman–Crippen LogP) is 4.89. The fourth-order valence-corrected chi connectivity index (χ4v) is 3.19. The van der Waals surface area contributed by atoms with Crippen LogP contribution in [0.3, 0.4) is 0 Å². The van der Waals surface area contributed by atoms with E-state index in [9.17, 15) is 0 Å². The fraction of sp³-hybridized carbons (Fsp3) is 0.167. The summed E-state index contributed by atoms with van der Waals surface area (Å²) in [6, 6.07) is 9.98. The van der Waals surface area contributed by atoms with Gasteiger partial charge >= 0.3 is 0 Å². The Bertz CT molecular complexity index is 470. The summed E-state index contributed by atoms with van der Waals surface area (Å²) in [5, 5.41) is 2.70. The monoisotopic (exact) mass is 316 g/mol. The number of hydrogen-bond donors (Lipinski definition) is 0. The second-order valence-corrected chi connectivity index (χ2v) is 5.57. The standard InChI is InChI=1S/C12H10BrClOS/c1-15-10-5-4-8(7-9(10)14)12(13)11-3-2-6-16-11/h2-7,12H,1H3. The van der Waals surface area contributed by atoms with Gasteiger partial charge in [-0.1, -0.05) is 39.7 Å².